The zero-order chi connectivity index (χ0) is 12.1. The molecule has 88 valence electrons. The zero-order valence-corrected chi connectivity index (χ0v) is 9.89. The molecule has 1 rings (SSSR count). The largest absolute Gasteiger partial charge is 0.465 e. The van der Waals surface area contributed by atoms with Gasteiger partial charge in [0.05, 0.1) is 12.3 Å². The van der Waals surface area contributed by atoms with Gasteiger partial charge in [-0.2, -0.15) is 0 Å². The van der Waals surface area contributed by atoms with Crippen LogP contribution in [0.5, 0.6) is 0 Å². The summed E-state index contributed by atoms with van der Waals surface area (Å²) in [7, 11) is 0. The second-order valence-electron chi connectivity index (χ2n) is 2.95. The summed E-state index contributed by atoms with van der Waals surface area (Å²) >= 11 is 1.09. The Morgan fingerprint density at radius 2 is 2.25 bits per heavy atom. The highest BCUT2D eigenvalue weighted by Crippen LogP contribution is 2.18. The second kappa shape index (κ2) is 5.45. The third kappa shape index (κ3) is 3.20. The first kappa shape index (κ1) is 12.4. The van der Waals surface area contributed by atoms with Crippen LogP contribution in [0.3, 0.4) is 0 Å². The van der Waals surface area contributed by atoms with E-state index in [0.717, 1.165) is 11.3 Å². The van der Waals surface area contributed by atoms with Gasteiger partial charge in [0, 0.05) is 0 Å². The van der Waals surface area contributed by atoms with E-state index in [1.165, 1.54) is 0 Å². The van der Waals surface area contributed by atoms with Gasteiger partial charge in [-0.3, -0.25) is 9.59 Å². The highest BCUT2D eigenvalue weighted by molar-refractivity contribution is 7.17. The van der Waals surface area contributed by atoms with Crippen LogP contribution in [0.25, 0.3) is 0 Å². The van der Waals surface area contributed by atoms with E-state index in [-0.39, 0.29) is 12.5 Å². The van der Waals surface area contributed by atoms with Crippen LogP contribution in [0.2, 0.25) is 0 Å². The Balaban J connectivity index is 2.53. The molecule has 1 heterocycles. The fraction of sp³-hybridized carbons (Fsp3) is 0.444. The number of aryl methyl sites for hydroxylation is 1. The summed E-state index contributed by atoms with van der Waals surface area (Å²) in [5, 5.41) is 2.77. The molecule has 0 bridgehead atoms. The molecular weight excluding hydrogens is 230 g/mol. The number of amides is 1. The minimum absolute atomic E-state index is 0.149. The summed E-state index contributed by atoms with van der Waals surface area (Å²) in [6.07, 6.45) is 0. The predicted octanol–water partition coefficient (Wildman–Crippen LogP) is 0.327. The van der Waals surface area contributed by atoms with Gasteiger partial charge in [-0.25, -0.2) is 4.98 Å². The Hall–Kier alpha value is -1.63. The standard InChI is InChI=1S/C9H13N3O3S/c1-3-15-6(13)4-11-8(14)7-5(2)12-9(10)16-7/h3-4H2,1-2H3,(H2,10,12)(H,11,14). The molecule has 0 aromatic carbocycles. The molecule has 6 nitrogen and oxygen atoms in total. The summed E-state index contributed by atoms with van der Waals surface area (Å²) in [5.41, 5.74) is 6.02. The third-order valence-electron chi connectivity index (χ3n) is 1.72. The molecule has 1 aromatic heterocycles. The second-order valence-corrected chi connectivity index (χ2v) is 3.98. The maximum absolute atomic E-state index is 11.6. The first-order chi connectivity index (χ1) is 7.54. The Labute approximate surface area is 96.8 Å². The van der Waals surface area contributed by atoms with Crippen LogP contribution in [-0.4, -0.2) is 30.0 Å². The average molecular weight is 243 g/mol. The van der Waals surface area contributed by atoms with Crippen molar-refractivity contribution in [3.05, 3.63) is 10.6 Å². The lowest BCUT2D eigenvalue weighted by molar-refractivity contribution is -0.141. The van der Waals surface area contributed by atoms with Crippen molar-refractivity contribution in [1.82, 2.24) is 10.3 Å². The van der Waals surface area contributed by atoms with Crippen LogP contribution < -0.4 is 11.1 Å². The molecule has 16 heavy (non-hydrogen) atoms. The summed E-state index contributed by atoms with van der Waals surface area (Å²) in [5.74, 6) is -0.828. The number of rotatable bonds is 4. The highest BCUT2D eigenvalue weighted by Gasteiger charge is 2.14. The van der Waals surface area contributed by atoms with E-state index in [0.29, 0.717) is 22.3 Å². The van der Waals surface area contributed by atoms with Crippen molar-refractivity contribution in [2.45, 2.75) is 13.8 Å². The molecule has 3 N–H and O–H groups in total. The minimum Gasteiger partial charge on any atom is -0.465 e. The topological polar surface area (TPSA) is 94.3 Å². The SMILES string of the molecule is CCOC(=O)CNC(=O)c1sc(N)nc1C. The zero-order valence-electron chi connectivity index (χ0n) is 9.07. The molecule has 0 saturated heterocycles. The van der Waals surface area contributed by atoms with Crippen LogP contribution in [-0.2, 0) is 9.53 Å². The number of thiazole rings is 1. The summed E-state index contributed by atoms with van der Waals surface area (Å²) in [4.78, 5) is 26.9. The van der Waals surface area contributed by atoms with Gasteiger partial charge in [0.2, 0.25) is 0 Å². The minimum atomic E-state index is -0.467. The van der Waals surface area contributed by atoms with Crippen molar-refractivity contribution >= 4 is 28.3 Å². The summed E-state index contributed by atoms with van der Waals surface area (Å²) < 4.78 is 4.67. The van der Waals surface area contributed by atoms with Crippen molar-refractivity contribution in [2.24, 2.45) is 0 Å². The van der Waals surface area contributed by atoms with E-state index < -0.39 is 5.97 Å². The number of carbonyl (C=O) groups excluding carboxylic acids is 2. The van der Waals surface area contributed by atoms with Crippen molar-refractivity contribution in [3.63, 3.8) is 0 Å². The number of nitrogens with one attached hydrogen (secondary N) is 1. The maximum atomic E-state index is 11.6. The fourth-order valence-electron chi connectivity index (χ4n) is 1.07. The van der Waals surface area contributed by atoms with Gasteiger partial charge in [0.15, 0.2) is 5.13 Å². The number of nitrogen functional groups attached to an aromatic ring is 1. The molecule has 0 spiro atoms. The number of aromatic nitrogens is 1. The number of nitrogens with zero attached hydrogens (tertiary/aromatic N) is 1. The Morgan fingerprint density at radius 1 is 1.56 bits per heavy atom. The van der Waals surface area contributed by atoms with Gasteiger partial charge in [-0.15, -0.1) is 0 Å². The van der Waals surface area contributed by atoms with Gasteiger partial charge in [0.25, 0.3) is 5.91 Å². The lowest BCUT2D eigenvalue weighted by atomic mass is 10.4. The molecular formula is C9H13N3O3S. The normalized spacial score (nSPS) is 9.88. The number of hydrogen-bond acceptors (Lipinski definition) is 6. The Morgan fingerprint density at radius 3 is 2.75 bits per heavy atom. The molecule has 0 aliphatic carbocycles. The number of carbonyl (C=O) groups is 2. The monoisotopic (exact) mass is 243 g/mol. The van der Waals surface area contributed by atoms with Crippen LogP contribution in [0.1, 0.15) is 22.3 Å². The molecule has 0 radical (unpaired) electrons. The van der Waals surface area contributed by atoms with Crippen molar-refractivity contribution in [3.8, 4) is 0 Å². The number of nitrogens with two attached hydrogens (primary N) is 1. The van der Waals surface area contributed by atoms with Gasteiger partial charge in [-0.05, 0) is 13.8 Å². The van der Waals surface area contributed by atoms with E-state index in [1.54, 1.807) is 13.8 Å². The molecule has 1 aromatic rings. The smallest absolute Gasteiger partial charge is 0.325 e. The predicted molar refractivity (Wildman–Crippen MR) is 60.2 cm³/mol. The first-order valence-electron chi connectivity index (χ1n) is 4.71. The van der Waals surface area contributed by atoms with Crippen LogP contribution >= 0.6 is 11.3 Å². The molecule has 0 atom stereocenters. The lowest BCUT2D eigenvalue weighted by Crippen LogP contribution is -2.30. The van der Waals surface area contributed by atoms with Crippen LogP contribution in [0.15, 0.2) is 0 Å². The van der Waals surface area contributed by atoms with Gasteiger partial charge >= 0.3 is 5.97 Å². The van der Waals surface area contributed by atoms with Crippen molar-refractivity contribution in [2.75, 3.05) is 18.9 Å². The fourth-order valence-corrected chi connectivity index (χ4v) is 1.82. The molecule has 7 heteroatoms. The molecule has 0 unspecified atom stereocenters. The van der Waals surface area contributed by atoms with Crippen molar-refractivity contribution < 1.29 is 14.3 Å². The van der Waals surface area contributed by atoms with E-state index in [4.69, 9.17) is 5.73 Å². The highest BCUT2D eigenvalue weighted by atomic mass is 32.1. The molecule has 0 aliphatic rings. The number of hydrogen-bond donors (Lipinski definition) is 2. The quantitative estimate of drug-likeness (QED) is 0.743. The third-order valence-corrected chi connectivity index (χ3v) is 2.70. The number of esters is 1. The molecule has 1 amide bonds. The van der Waals surface area contributed by atoms with Crippen molar-refractivity contribution in [1.29, 1.82) is 0 Å². The molecule has 0 aliphatic heterocycles. The van der Waals surface area contributed by atoms with E-state index in [1.807, 2.05) is 0 Å². The first-order valence-corrected chi connectivity index (χ1v) is 5.53. The lowest BCUT2D eigenvalue weighted by Gasteiger charge is -2.03. The van der Waals surface area contributed by atoms with Gasteiger partial charge < -0.3 is 15.8 Å². The van der Waals surface area contributed by atoms with E-state index in [9.17, 15) is 9.59 Å². The molecule has 0 saturated carbocycles. The summed E-state index contributed by atoms with van der Waals surface area (Å²) in [6, 6.07) is 0. The van der Waals surface area contributed by atoms with Gasteiger partial charge in [-0.1, -0.05) is 11.3 Å². The number of ether oxygens (including phenoxy) is 1. The van der Waals surface area contributed by atoms with E-state index in [2.05, 4.69) is 15.0 Å². The maximum Gasteiger partial charge on any atom is 0.325 e. The number of anilines is 1. The Bertz CT molecular complexity index is 403. The molecule has 0 fully saturated rings. The summed E-state index contributed by atoms with van der Waals surface area (Å²) in [6.45, 7) is 3.53. The van der Waals surface area contributed by atoms with Gasteiger partial charge in [0.1, 0.15) is 11.4 Å². The van der Waals surface area contributed by atoms with Crippen LogP contribution in [0.4, 0.5) is 5.13 Å². The Kier molecular flexibility index (Phi) is 4.24. The average Bonchev–Trinajstić information content (AvgIpc) is 2.55. The van der Waals surface area contributed by atoms with Crippen LogP contribution in [0, 0.1) is 6.92 Å². The van der Waals surface area contributed by atoms with E-state index >= 15 is 0 Å².